The summed E-state index contributed by atoms with van der Waals surface area (Å²) in [5.74, 6) is -1.30. The summed E-state index contributed by atoms with van der Waals surface area (Å²) < 4.78 is 42.6. The molecule has 1 atom stereocenters. The van der Waals surface area contributed by atoms with E-state index in [4.69, 9.17) is 11.6 Å². The molecule has 0 bridgehead atoms. The van der Waals surface area contributed by atoms with E-state index in [0.717, 1.165) is 12.2 Å². The van der Waals surface area contributed by atoms with E-state index in [2.05, 4.69) is 21.0 Å². The summed E-state index contributed by atoms with van der Waals surface area (Å²) >= 11 is 6.25. The molecule has 11 heteroatoms. The molecule has 0 unspecified atom stereocenters. The average molecular weight is 537 g/mol. The molecule has 3 heterocycles. The summed E-state index contributed by atoms with van der Waals surface area (Å²) in [7, 11) is 0. The van der Waals surface area contributed by atoms with Gasteiger partial charge in [-0.15, -0.1) is 0 Å². The summed E-state index contributed by atoms with van der Waals surface area (Å²) in [6, 6.07) is 9.51. The van der Waals surface area contributed by atoms with E-state index in [9.17, 15) is 18.8 Å². The fraction of sp³-hybridized carbons (Fsp3) is 0.222. The zero-order chi connectivity index (χ0) is 26.8. The molecule has 1 saturated heterocycles. The molecule has 0 spiro atoms. The van der Waals surface area contributed by atoms with Crippen molar-refractivity contribution in [3.05, 3.63) is 71.7 Å². The molecule has 1 fully saturated rings. The van der Waals surface area contributed by atoms with Crippen molar-refractivity contribution in [1.29, 1.82) is 5.26 Å². The number of nitrogens with zero attached hydrogens (tertiary/aromatic N) is 6. The molecule has 1 amide bonds. The Morgan fingerprint density at radius 3 is 2.82 bits per heavy atom. The highest BCUT2D eigenvalue weighted by atomic mass is 35.5. The molecule has 5 rings (SSSR count). The van der Waals surface area contributed by atoms with Gasteiger partial charge in [0.1, 0.15) is 35.8 Å². The van der Waals surface area contributed by atoms with E-state index in [0.29, 0.717) is 34.1 Å². The van der Waals surface area contributed by atoms with Crippen LogP contribution < -0.4 is 4.90 Å². The summed E-state index contributed by atoms with van der Waals surface area (Å²) in [6.07, 6.45) is 5.03. The van der Waals surface area contributed by atoms with Crippen LogP contribution in [0.5, 0.6) is 0 Å². The van der Waals surface area contributed by atoms with Crippen LogP contribution >= 0.6 is 11.6 Å². The highest BCUT2D eigenvalue weighted by Crippen LogP contribution is 2.37. The maximum Gasteiger partial charge on any atom is 0.246 e. The Balaban J connectivity index is 1.54. The average Bonchev–Trinajstić information content (AvgIpc) is 2.93. The Hall–Kier alpha value is -4.23. The van der Waals surface area contributed by atoms with Gasteiger partial charge >= 0.3 is 0 Å². The van der Waals surface area contributed by atoms with E-state index in [1.54, 1.807) is 24.3 Å². The predicted molar refractivity (Wildman–Crippen MR) is 138 cm³/mol. The molecular weight excluding hydrogens is 517 g/mol. The summed E-state index contributed by atoms with van der Waals surface area (Å²) in [5.41, 5.74) is 0.317. The SMILES string of the molecule is N#CC[C@H]1CN(c2ncnc3c(F)c(-c4cccc5ccc(F)c(Cl)c45)ncc23)CCN1C(=O)/C=C/CF. The second kappa shape index (κ2) is 10.6. The van der Waals surface area contributed by atoms with E-state index in [1.807, 2.05) is 4.90 Å². The number of pyridine rings is 1. The van der Waals surface area contributed by atoms with Gasteiger partial charge in [-0.05, 0) is 17.5 Å². The zero-order valence-electron chi connectivity index (χ0n) is 19.9. The number of fused-ring (bicyclic) bond motifs is 2. The van der Waals surface area contributed by atoms with Crippen molar-refractivity contribution in [3.8, 4) is 17.3 Å². The number of carbonyl (C=O) groups excluding carboxylic acids is 1. The molecule has 4 aromatic rings. The number of piperazine rings is 1. The first kappa shape index (κ1) is 25.4. The van der Waals surface area contributed by atoms with Gasteiger partial charge in [-0.3, -0.25) is 9.78 Å². The third-order valence-corrected chi connectivity index (χ3v) is 6.90. The number of alkyl halides is 1. The van der Waals surface area contributed by atoms with Crippen molar-refractivity contribution < 1.29 is 18.0 Å². The van der Waals surface area contributed by atoms with Crippen LogP contribution in [-0.2, 0) is 4.79 Å². The molecule has 1 aliphatic heterocycles. The largest absolute Gasteiger partial charge is 0.352 e. The predicted octanol–water partition coefficient (Wildman–Crippen LogP) is 5.23. The topological polar surface area (TPSA) is 86.0 Å². The second-order valence-electron chi connectivity index (χ2n) is 8.70. The normalized spacial score (nSPS) is 15.9. The lowest BCUT2D eigenvalue weighted by Crippen LogP contribution is -2.55. The van der Waals surface area contributed by atoms with Crippen molar-refractivity contribution in [2.24, 2.45) is 0 Å². The fourth-order valence-corrected chi connectivity index (χ4v) is 5.06. The summed E-state index contributed by atoms with van der Waals surface area (Å²) in [6.45, 7) is 0.116. The second-order valence-corrected chi connectivity index (χ2v) is 9.07. The number of hydrogen-bond donors (Lipinski definition) is 0. The smallest absolute Gasteiger partial charge is 0.246 e. The number of aromatic nitrogens is 3. The Morgan fingerprint density at radius 2 is 2.03 bits per heavy atom. The number of nitriles is 1. The van der Waals surface area contributed by atoms with Crippen molar-refractivity contribution in [2.75, 3.05) is 31.2 Å². The minimum absolute atomic E-state index is 0.0192. The van der Waals surface area contributed by atoms with Gasteiger partial charge < -0.3 is 9.80 Å². The van der Waals surface area contributed by atoms with Crippen LogP contribution in [0, 0.1) is 23.0 Å². The van der Waals surface area contributed by atoms with Gasteiger partial charge in [0.2, 0.25) is 5.91 Å². The van der Waals surface area contributed by atoms with Crippen molar-refractivity contribution >= 4 is 45.0 Å². The monoisotopic (exact) mass is 536 g/mol. The lowest BCUT2D eigenvalue weighted by atomic mass is 10.0. The first-order valence-corrected chi connectivity index (χ1v) is 12.1. The quantitative estimate of drug-likeness (QED) is 0.325. The molecule has 0 N–H and O–H groups in total. The molecule has 2 aromatic carbocycles. The Bertz CT molecular complexity index is 1620. The highest BCUT2D eigenvalue weighted by molar-refractivity contribution is 6.36. The van der Waals surface area contributed by atoms with Crippen molar-refractivity contribution in [2.45, 2.75) is 12.5 Å². The van der Waals surface area contributed by atoms with Gasteiger partial charge in [0, 0.05) is 42.9 Å². The van der Waals surface area contributed by atoms with Gasteiger partial charge in [-0.1, -0.05) is 35.9 Å². The molecule has 192 valence electrons. The molecule has 2 aromatic heterocycles. The molecule has 0 saturated carbocycles. The van der Waals surface area contributed by atoms with Crippen LogP contribution in [0.25, 0.3) is 32.9 Å². The molecule has 7 nitrogen and oxygen atoms in total. The number of halogens is 4. The maximum atomic E-state index is 15.9. The summed E-state index contributed by atoms with van der Waals surface area (Å²) in [5, 5.41) is 10.5. The Labute approximate surface area is 220 Å². The number of benzene rings is 2. The van der Waals surface area contributed by atoms with Gasteiger partial charge in [-0.25, -0.2) is 23.1 Å². The lowest BCUT2D eigenvalue weighted by molar-refractivity contribution is -0.128. The van der Waals surface area contributed by atoms with E-state index < -0.39 is 24.4 Å². The number of anilines is 1. The van der Waals surface area contributed by atoms with Gasteiger partial charge in [0.15, 0.2) is 5.82 Å². The number of amides is 1. The number of hydrogen-bond acceptors (Lipinski definition) is 6. The molecule has 0 radical (unpaired) electrons. The molecular formula is C27H20ClF3N6O. The molecule has 38 heavy (non-hydrogen) atoms. The van der Waals surface area contributed by atoms with E-state index in [-0.39, 0.29) is 41.7 Å². The third-order valence-electron chi connectivity index (χ3n) is 6.53. The fourth-order valence-electron chi connectivity index (χ4n) is 4.78. The van der Waals surface area contributed by atoms with E-state index >= 15 is 4.39 Å². The zero-order valence-corrected chi connectivity index (χ0v) is 20.7. The first-order valence-electron chi connectivity index (χ1n) is 11.8. The minimum atomic E-state index is -0.762. The third kappa shape index (κ3) is 4.50. The Morgan fingerprint density at radius 1 is 1.18 bits per heavy atom. The maximum absolute atomic E-state index is 15.9. The van der Waals surface area contributed by atoms with Gasteiger partial charge in [0.25, 0.3) is 0 Å². The standard InChI is InChI=1S/C27H20ClF3N6O/c28-23-20(30)7-6-16-3-1-4-18(22(16)23)25-24(31)26-19(13-33-25)27(35-15-34-26)36-11-12-37(17(14-36)8-10-32)21(38)5-2-9-29/h1-7,13,15,17H,8-9,11-12,14H2/b5-2+/t17-/m0/s1. The van der Waals surface area contributed by atoms with Crippen LogP contribution in [0.1, 0.15) is 6.42 Å². The first-order chi connectivity index (χ1) is 18.4. The number of allylic oxidation sites excluding steroid dienone is 1. The molecule has 0 aliphatic carbocycles. The number of carbonyl (C=O) groups is 1. The van der Waals surface area contributed by atoms with Crippen molar-refractivity contribution in [1.82, 2.24) is 19.9 Å². The van der Waals surface area contributed by atoms with Gasteiger partial charge in [-0.2, -0.15) is 5.26 Å². The molecule has 1 aliphatic rings. The van der Waals surface area contributed by atoms with Crippen LogP contribution in [0.2, 0.25) is 5.02 Å². The number of rotatable bonds is 5. The Kier molecular flexibility index (Phi) is 7.11. The van der Waals surface area contributed by atoms with Gasteiger partial charge in [0.05, 0.1) is 28.9 Å². The van der Waals surface area contributed by atoms with Crippen LogP contribution in [0.4, 0.5) is 19.0 Å². The summed E-state index contributed by atoms with van der Waals surface area (Å²) in [4.78, 5) is 28.7. The van der Waals surface area contributed by atoms with Crippen LogP contribution in [-0.4, -0.2) is 58.1 Å². The van der Waals surface area contributed by atoms with Crippen LogP contribution in [0.3, 0.4) is 0 Å². The van der Waals surface area contributed by atoms with Crippen molar-refractivity contribution in [3.63, 3.8) is 0 Å². The lowest BCUT2D eigenvalue weighted by Gasteiger charge is -2.41. The van der Waals surface area contributed by atoms with E-state index in [1.165, 1.54) is 23.5 Å². The van der Waals surface area contributed by atoms with Crippen LogP contribution in [0.15, 0.2) is 55.0 Å². The minimum Gasteiger partial charge on any atom is -0.352 e. The highest BCUT2D eigenvalue weighted by Gasteiger charge is 2.31.